The monoisotopic (exact) mass is 976 g/mol. The maximum absolute atomic E-state index is 15.1. The third kappa shape index (κ3) is 11.3. The van der Waals surface area contributed by atoms with Crippen molar-refractivity contribution in [2.24, 2.45) is 16.2 Å². The van der Waals surface area contributed by atoms with Gasteiger partial charge in [-0.2, -0.15) is 0 Å². The molecule has 71 heavy (non-hydrogen) atoms. The Kier molecular flexibility index (Phi) is 14.5. The molecule has 368 valence electrons. The number of aromatic nitrogens is 8. The van der Waals surface area contributed by atoms with Crippen LogP contribution in [0.2, 0.25) is 0 Å². The summed E-state index contributed by atoms with van der Waals surface area (Å²) in [5.74, 6) is -2.47. The number of methoxy groups -OCH3 is 1. The number of hydrogen-bond donors (Lipinski definition) is 2. The predicted molar refractivity (Wildman–Crippen MR) is 246 cm³/mol. The van der Waals surface area contributed by atoms with E-state index in [4.69, 9.17) is 29.0 Å². The fourth-order valence-corrected chi connectivity index (χ4v) is 8.30. The first kappa shape index (κ1) is 47.8. The van der Waals surface area contributed by atoms with Crippen LogP contribution in [0.3, 0.4) is 0 Å². The molecule has 6 aromatic rings. The highest BCUT2D eigenvalue weighted by molar-refractivity contribution is 6.00. The zero-order valence-electron chi connectivity index (χ0n) is 38.0. The lowest BCUT2D eigenvalue weighted by Crippen LogP contribution is -2.26. The highest BCUT2D eigenvalue weighted by atomic mass is 19.1. The van der Waals surface area contributed by atoms with Crippen molar-refractivity contribution < 1.29 is 57.3 Å². The number of amides is 2. The van der Waals surface area contributed by atoms with E-state index < -0.39 is 47.9 Å². The van der Waals surface area contributed by atoms with Gasteiger partial charge in [-0.1, -0.05) is 32.9 Å². The van der Waals surface area contributed by atoms with Gasteiger partial charge >= 0.3 is 18.2 Å². The number of carboxylic acid groups (broad SMARTS) is 1. The van der Waals surface area contributed by atoms with Crippen molar-refractivity contribution in [2.75, 3.05) is 43.2 Å². The van der Waals surface area contributed by atoms with Crippen molar-refractivity contribution >= 4 is 41.0 Å². The molecule has 10 rings (SSSR count). The zero-order valence-corrected chi connectivity index (χ0v) is 38.0. The first-order chi connectivity index (χ1) is 34.5. The molecule has 0 aliphatic carbocycles. The number of carboxylic acids is 1. The van der Waals surface area contributed by atoms with E-state index in [1.165, 1.54) is 35.2 Å². The molecular formula is C47H46F2N12O10. The smallest absolute Gasteiger partial charge is 0.414 e. The Morgan fingerprint density at radius 1 is 0.732 bits per heavy atom. The third-order valence-electron chi connectivity index (χ3n) is 12.0. The van der Waals surface area contributed by atoms with Crippen LogP contribution in [0.4, 0.5) is 29.7 Å². The number of aliphatic carboxylic acids is 1. The van der Waals surface area contributed by atoms with Crippen LogP contribution in [0.15, 0.2) is 108 Å². The second-order valence-electron chi connectivity index (χ2n) is 16.8. The van der Waals surface area contributed by atoms with E-state index in [0.29, 0.717) is 102 Å². The first-order valence-corrected chi connectivity index (χ1v) is 22.5. The zero-order chi connectivity index (χ0) is 49.4. The molecule has 1 unspecified atom stereocenters. The Bertz CT molecular complexity index is 2890. The van der Waals surface area contributed by atoms with Crippen LogP contribution < -0.4 is 9.80 Å². The minimum atomic E-state index is -0.896. The van der Waals surface area contributed by atoms with E-state index in [1.807, 2.05) is 0 Å². The summed E-state index contributed by atoms with van der Waals surface area (Å²) in [6.45, 7) is 1.51. The van der Waals surface area contributed by atoms with Gasteiger partial charge in [-0.3, -0.25) is 24.6 Å². The van der Waals surface area contributed by atoms with Crippen LogP contribution in [-0.4, -0.2) is 138 Å². The number of halogens is 2. The van der Waals surface area contributed by atoms with Gasteiger partial charge < -0.3 is 34.1 Å². The first-order valence-electron chi connectivity index (χ1n) is 22.5. The summed E-state index contributed by atoms with van der Waals surface area (Å²) >= 11 is 0. The fraction of sp³-hybridized carbons (Fsp3) is 0.340. The van der Waals surface area contributed by atoms with Gasteiger partial charge in [-0.15, -0.1) is 10.2 Å². The molecule has 0 bridgehead atoms. The maximum atomic E-state index is 15.1. The van der Waals surface area contributed by atoms with Crippen molar-refractivity contribution in [3.63, 3.8) is 0 Å². The van der Waals surface area contributed by atoms with Crippen molar-refractivity contribution in [1.29, 1.82) is 0 Å². The van der Waals surface area contributed by atoms with Gasteiger partial charge in [-0.25, -0.2) is 27.7 Å². The fourth-order valence-electron chi connectivity index (χ4n) is 8.30. The van der Waals surface area contributed by atoms with Crippen LogP contribution in [0, 0.1) is 17.6 Å². The van der Waals surface area contributed by atoms with Crippen LogP contribution >= 0.6 is 0 Å². The number of carbonyl (C=O) groups excluding carboxylic acids is 2. The minimum absolute atomic E-state index is 0.117. The summed E-state index contributed by atoms with van der Waals surface area (Å²) in [6.07, 6.45) is 8.50. The summed E-state index contributed by atoms with van der Waals surface area (Å²) in [5.41, 5.74) is 5.05. The third-order valence-corrected chi connectivity index (χ3v) is 12.0. The summed E-state index contributed by atoms with van der Waals surface area (Å²) in [6, 6.07) is 16.1. The molecule has 2 fully saturated rings. The Morgan fingerprint density at radius 3 is 1.65 bits per heavy atom. The molecule has 2 aromatic carbocycles. The van der Waals surface area contributed by atoms with E-state index in [1.54, 1.807) is 88.9 Å². The summed E-state index contributed by atoms with van der Waals surface area (Å²) in [7, 11) is 1.53. The number of hydrogen-bond acceptors (Lipinski definition) is 17. The molecule has 8 heterocycles. The van der Waals surface area contributed by atoms with E-state index in [9.17, 15) is 23.9 Å². The van der Waals surface area contributed by atoms with E-state index in [0.717, 1.165) is 0 Å². The lowest BCUT2D eigenvalue weighted by atomic mass is 9.95. The lowest BCUT2D eigenvalue weighted by Gasteiger charge is -2.15. The molecule has 4 aliphatic rings. The normalized spacial score (nSPS) is 19.8. The lowest BCUT2D eigenvalue weighted by molar-refractivity contribution is -0.143. The number of ether oxygens (including phenoxy) is 3. The minimum Gasteiger partial charge on any atom is -0.481 e. The highest BCUT2D eigenvalue weighted by Crippen LogP contribution is 2.32. The molecular weight excluding hydrogens is 931 g/mol. The van der Waals surface area contributed by atoms with Crippen molar-refractivity contribution in [3.8, 4) is 22.3 Å². The molecule has 24 heteroatoms. The summed E-state index contributed by atoms with van der Waals surface area (Å²) < 4.78 is 48.9. The van der Waals surface area contributed by atoms with Gasteiger partial charge in [0.15, 0.2) is 6.10 Å². The molecule has 0 spiro atoms. The second-order valence-corrected chi connectivity index (χ2v) is 16.8. The molecule has 5 atom stereocenters. The highest BCUT2D eigenvalue weighted by Gasteiger charge is 2.35. The van der Waals surface area contributed by atoms with Gasteiger partial charge in [0.2, 0.25) is 0 Å². The molecule has 22 nitrogen and oxygen atoms in total. The molecule has 4 aromatic heterocycles. The van der Waals surface area contributed by atoms with Crippen LogP contribution in [-0.2, 0) is 41.8 Å². The molecule has 4 aliphatic heterocycles. The Labute approximate surface area is 403 Å². The average molecular weight is 977 g/mol. The number of nitrogens with zero attached hydrogens (tertiary/aromatic N) is 12. The predicted octanol–water partition coefficient (Wildman–Crippen LogP) is 5.11. The van der Waals surface area contributed by atoms with Crippen molar-refractivity contribution in [2.45, 2.75) is 63.2 Å². The quantitative estimate of drug-likeness (QED) is 0.120. The van der Waals surface area contributed by atoms with E-state index >= 15 is 4.39 Å². The molecule has 0 radical (unpaired) electrons. The number of oxime groups is 2. The molecule has 2 amide bonds. The van der Waals surface area contributed by atoms with Crippen LogP contribution in [0.1, 0.15) is 37.1 Å². The number of aliphatic hydroxyl groups is 1. The number of carbonyl (C=O) groups is 3. The molecule has 2 saturated heterocycles. The second kappa shape index (κ2) is 21.6. The van der Waals surface area contributed by atoms with Gasteiger partial charge in [0, 0.05) is 80.0 Å². The summed E-state index contributed by atoms with van der Waals surface area (Å²) in [4.78, 5) is 58.3. The number of rotatable bonds is 17. The number of benzene rings is 2. The van der Waals surface area contributed by atoms with Gasteiger partial charge in [0.1, 0.15) is 41.4 Å². The van der Waals surface area contributed by atoms with Gasteiger partial charge in [0.25, 0.3) is 0 Å². The largest absolute Gasteiger partial charge is 0.481 e. The van der Waals surface area contributed by atoms with Crippen molar-refractivity contribution in [3.05, 3.63) is 121 Å². The Balaban J connectivity index is 0.000000179. The standard InChI is InChI=1S/C26H27FN6O6.C21H19FN6O4/c1-37-9-6-16(25(34)35)10-19-12-24(30-39-19)23-5-2-17(13-28-23)21-4-3-18(11-22(21)27)33-15-20(38-26(33)36)14-32-8-7-29-31-32;22-18-7-14(28-11-16(31-21(28)30)10-27-6-5-24-26-27)2-3-17(18)13-1-4-19(23-9-13)20-8-15(12-29)32-25-20/h2-5,7-8,11,13,16,19-20H,6,9-10,12,14-15H2,1H3,(H,34,35);1-7,9,15-16,29H,8,10-12H2/t16?,19-,20-;15-,16-/m00/s1. The number of anilines is 2. The summed E-state index contributed by atoms with van der Waals surface area (Å²) in [5, 5.41) is 41.8. The van der Waals surface area contributed by atoms with Crippen LogP contribution in [0.5, 0.6) is 0 Å². The van der Waals surface area contributed by atoms with Crippen molar-refractivity contribution in [1.82, 2.24) is 40.0 Å². The number of cyclic esters (lactones) is 2. The maximum Gasteiger partial charge on any atom is 0.414 e. The van der Waals surface area contributed by atoms with E-state index in [2.05, 4.69) is 40.9 Å². The number of pyridine rings is 2. The van der Waals surface area contributed by atoms with Gasteiger partial charge in [-0.05, 0) is 55.0 Å². The average Bonchev–Trinajstić information content (AvgIpc) is 4.25. The van der Waals surface area contributed by atoms with Gasteiger partial charge in [0.05, 0.1) is 73.9 Å². The SMILES string of the molecule is COCCC(C[C@H]1CC(c2ccc(-c3ccc(N4C[C@H](Cn5ccnn5)OC4=O)cc3F)cn2)=NO1)C(=O)O.O=C1O[C@@H](Cn2ccnn2)CN1c1ccc(-c2ccc(C3=NO[C@H](CO)C3)nc2)c(F)c1. The number of aliphatic hydroxyl groups excluding tert-OH is 1. The topological polar surface area (TPSA) is 256 Å². The molecule has 0 saturated carbocycles. The van der Waals surface area contributed by atoms with Crippen LogP contribution in [0.25, 0.3) is 22.3 Å². The molecule has 2 N–H and O–H groups in total. The Hall–Kier alpha value is -8.25. The Morgan fingerprint density at radius 2 is 1.24 bits per heavy atom. The van der Waals surface area contributed by atoms with E-state index in [-0.39, 0.29) is 31.9 Å².